The monoisotopic (exact) mass is 216 g/mol. The molecule has 0 N–H and O–H groups in total. The Bertz CT molecular complexity index is 472. The molecule has 6 heteroatoms. The van der Waals surface area contributed by atoms with E-state index in [2.05, 4.69) is 10.2 Å². The van der Waals surface area contributed by atoms with Gasteiger partial charge >= 0.3 is 5.35 Å². The number of halogens is 3. The molecule has 1 aromatic heterocycles. The maximum Gasteiger partial charge on any atom is 0.313 e. The van der Waals surface area contributed by atoms with E-state index in [1.807, 2.05) is 0 Å². The van der Waals surface area contributed by atoms with Crippen molar-refractivity contribution in [3.8, 4) is 11.5 Å². The predicted molar refractivity (Wildman–Crippen MR) is 44.7 cm³/mol. The van der Waals surface area contributed by atoms with Crippen LogP contribution in [0, 0.1) is 11.6 Å². The van der Waals surface area contributed by atoms with E-state index in [-0.39, 0.29) is 16.8 Å². The zero-order valence-corrected chi connectivity index (χ0v) is 7.42. The van der Waals surface area contributed by atoms with Crippen LogP contribution in [0.15, 0.2) is 22.6 Å². The van der Waals surface area contributed by atoms with Crippen LogP contribution in [0.4, 0.5) is 8.78 Å². The van der Waals surface area contributed by atoms with Crippen LogP contribution in [0.25, 0.3) is 11.5 Å². The zero-order valence-electron chi connectivity index (χ0n) is 6.67. The van der Waals surface area contributed by atoms with Crippen molar-refractivity contribution in [3.63, 3.8) is 0 Å². The second kappa shape index (κ2) is 3.34. The van der Waals surface area contributed by atoms with E-state index < -0.39 is 11.6 Å². The van der Waals surface area contributed by atoms with Crippen LogP contribution in [0.1, 0.15) is 0 Å². The summed E-state index contributed by atoms with van der Waals surface area (Å²) in [5.74, 6) is -1.86. The third-order valence-corrected chi connectivity index (χ3v) is 1.72. The summed E-state index contributed by atoms with van der Waals surface area (Å²) in [6.07, 6.45) is 0. The molecular formula is C8H3ClF2N2O. The summed E-state index contributed by atoms with van der Waals surface area (Å²) in [6.45, 7) is 0. The van der Waals surface area contributed by atoms with E-state index in [9.17, 15) is 8.78 Å². The summed E-state index contributed by atoms with van der Waals surface area (Å²) >= 11 is 5.37. The third-order valence-electron chi connectivity index (χ3n) is 1.57. The molecule has 0 unspecified atom stereocenters. The highest BCUT2D eigenvalue weighted by Gasteiger charge is 2.09. The molecular weight excluding hydrogens is 214 g/mol. The van der Waals surface area contributed by atoms with E-state index in [4.69, 9.17) is 16.0 Å². The fourth-order valence-corrected chi connectivity index (χ4v) is 1.06. The average molecular weight is 217 g/mol. The van der Waals surface area contributed by atoms with Crippen molar-refractivity contribution >= 4 is 11.6 Å². The summed E-state index contributed by atoms with van der Waals surface area (Å²) in [6, 6.07) is 3.25. The van der Waals surface area contributed by atoms with Crippen LogP contribution in [0.5, 0.6) is 0 Å². The quantitative estimate of drug-likeness (QED) is 0.736. The van der Waals surface area contributed by atoms with Crippen LogP contribution in [-0.4, -0.2) is 10.2 Å². The standard InChI is InChI=1S/C8H3ClF2N2O/c9-8-13-12-7(14-8)4-1-2-5(10)6(11)3-4/h1-3H. The van der Waals surface area contributed by atoms with Crippen molar-refractivity contribution in [3.05, 3.63) is 35.2 Å². The first-order valence-corrected chi connectivity index (χ1v) is 3.99. The molecule has 0 bridgehead atoms. The van der Waals surface area contributed by atoms with Crippen LogP contribution < -0.4 is 0 Å². The lowest BCUT2D eigenvalue weighted by atomic mass is 10.2. The molecule has 0 atom stereocenters. The zero-order chi connectivity index (χ0) is 10.1. The van der Waals surface area contributed by atoms with Crippen molar-refractivity contribution < 1.29 is 13.2 Å². The number of aromatic nitrogens is 2. The normalized spacial score (nSPS) is 10.5. The molecule has 0 aliphatic carbocycles. The minimum Gasteiger partial charge on any atom is -0.407 e. The van der Waals surface area contributed by atoms with Gasteiger partial charge in [-0.1, -0.05) is 5.10 Å². The number of nitrogens with zero attached hydrogens (tertiary/aromatic N) is 2. The lowest BCUT2D eigenvalue weighted by Crippen LogP contribution is -1.85. The minimum atomic E-state index is -0.975. The molecule has 0 spiro atoms. The van der Waals surface area contributed by atoms with E-state index in [0.29, 0.717) is 0 Å². The van der Waals surface area contributed by atoms with Gasteiger partial charge in [-0.05, 0) is 29.8 Å². The first kappa shape index (κ1) is 9.08. The second-order valence-corrected chi connectivity index (χ2v) is 2.81. The lowest BCUT2D eigenvalue weighted by molar-refractivity contribution is 0.507. The van der Waals surface area contributed by atoms with Gasteiger partial charge in [0.25, 0.3) is 0 Å². The summed E-state index contributed by atoms with van der Waals surface area (Å²) in [7, 11) is 0. The molecule has 2 aromatic rings. The number of hydrogen-bond donors (Lipinski definition) is 0. The smallest absolute Gasteiger partial charge is 0.313 e. The van der Waals surface area contributed by atoms with Crippen molar-refractivity contribution in [2.45, 2.75) is 0 Å². The van der Waals surface area contributed by atoms with Crippen LogP contribution in [-0.2, 0) is 0 Å². The molecule has 0 radical (unpaired) electrons. The van der Waals surface area contributed by atoms with Crippen molar-refractivity contribution in [1.29, 1.82) is 0 Å². The lowest BCUT2D eigenvalue weighted by Gasteiger charge is -1.95. The summed E-state index contributed by atoms with van der Waals surface area (Å²) in [4.78, 5) is 0. The van der Waals surface area contributed by atoms with Gasteiger partial charge < -0.3 is 4.42 Å². The molecule has 0 amide bonds. The highest BCUT2D eigenvalue weighted by Crippen LogP contribution is 2.21. The molecule has 0 fully saturated rings. The summed E-state index contributed by atoms with van der Waals surface area (Å²) in [5.41, 5.74) is 0.281. The van der Waals surface area contributed by atoms with E-state index >= 15 is 0 Å². The Morgan fingerprint density at radius 3 is 2.50 bits per heavy atom. The van der Waals surface area contributed by atoms with Gasteiger partial charge in [-0.15, -0.1) is 5.10 Å². The Labute approximate surface area is 82.3 Å². The predicted octanol–water partition coefficient (Wildman–Crippen LogP) is 2.67. The Morgan fingerprint density at radius 1 is 1.14 bits per heavy atom. The molecule has 1 aromatic carbocycles. The van der Waals surface area contributed by atoms with Gasteiger partial charge in [-0.25, -0.2) is 8.78 Å². The first-order chi connectivity index (χ1) is 6.66. The molecule has 72 valence electrons. The Balaban J connectivity index is 2.47. The molecule has 14 heavy (non-hydrogen) atoms. The molecule has 0 aliphatic rings. The van der Waals surface area contributed by atoms with Gasteiger partial charge in [0.1, 0.15) is 0 Å². The Hall–Kier alpha value is -1.49. The fourth-order valence-electron chi connectivity index (χ4n) is 0.951. The second-order valence-electron chi connectivity index (χ2n) is 2.49. The highest BCUT2D eigenvalue weighted by molar-refractivity contribution is 6.27. The molecule has 0 aliphatic heterocycles. The van der Waals surface area contributed by atoms with E-state index in [1.165, 1.54) is 6.07 Å². The molecule has 0 saturated carbocycles. The van der Waals surface area contributed by atoms with Gasteiger partial charge in [0, 0.05) is 5.56 Å². The average Bonchev–Trinajstić information content (AvgIpc) is 2.57. The Kier molecular flexibility index (Phi) is 2.17. The largest absolute Gasteiger partial charge is 0.407 e. The molecule has 2 rings (SSSR count). The minimum absolute atomic E-state index is 0.0499. The highest BCUT2D eigenvalue weighted by atomic mass is 35.5. The van der Waals surface area contributed by atoms with E-state index in [0.717, 1.165) is 12.1 Å². The maximum absolute atomic E-state index is 12.8. The Morgan fingerprint density at radius 2 is 1.93 bits per heavy atom. The summed E-state index contributed by atoms with van der Waals surface area (Å²) < 4.78 is 30.1. The topological polar surface area (TPSA) is 38.9 Å². The number of benzene rings is 1. The molecule has 0 saturated heterocycles. The van der Waals surface area contributed by atoms with Gasteiger partial charge in [0.2, 0.25) is 5.89 Å². The maximum atomic E-state index is 12.8. The SMILES string of the molecule is Fc1ccc(-c2nnc(Cl)o2)cc1F. The number of hydrogen-bond acceptors (Lipinski definition) is 3. The molecule has 1 heterocycles. The van der Waals surface area contributed by atoms with Crippen molar-refractivity contribution in [2.75, 3.05) is 0 Å². The van der Waals surface area contributed by atoms with Gasteiger partial charge in [0.05, 0.1) is 0 Å². The van der Waals surface area contributed by atoms with Crippen molar-refractivity contribution in [1.82, 2.24) is 10.2 Å². The molecule has 3 nitrogen and oxygen atoms in total. The van der Waals surface area contributed by atoms with Crippen LogP contribution in [0.2, 0.25) is 5.35 Å². The third kappa shape index (κ3) is 1.58. The van der Waals surface area contributed by atoms with E-state index in [1.54, 1.807) is 0 Å². The van der Waals surface area contributed by atoms with Gasteiger partial charge in [-0.2, -0.15) is 0 Å². The van der Waals surface area contributed by atoms with Gasteiger partial charge in [-0.3, -0.25) is 0 Å². The van der Waals surface area contributed by atoms with Crippen molar-refractivity contribution in [2.24, 2.45) is 0 Å². The summed E-state index contributed by atoms with van der Waals surface area (Å²) in [5, 5.41) is 6.75. The fraction of sp³-hybridized carbons (Fsp3) is 0. The number of rotatable bonds is 1. The van der Waals surface area contributed by atoms with Crippen LogP contribution in [0.3, 0.4) is 0 Å². The van der Waals surface area contributed by atoms with Gasteiger partial charge in [0.15, 0.2) is 11.6 Å². The van der Waals surface area contributed by atoms with Crippen LogP contribution >= 0.6 is 11.6 Å². The first-order valence-electron chi connectivity index (χ1n) is 3.61.